The molecule has 4 heteroatoms. The first-order valence-electron chi connectivity index (χ1n) is 7.66. The van der Waals surface area contributed by atoms with Crippen molar-refractivity contribution < 1.29 is 9.53 Å². The summed E-state index contributed by atoms with van der Waals surface area (Å²) >= 11 is 0. The Hall–Kier alpha value is -2.12. The minimum atomic E-state index is -0.242. The third kappa shape index (κ3) is 2.77. The van der Waals surface area contributed by atoms with Crippen LogP contribution < -0.4 is 0 Å². The highest BCUT2D eigenvalue weighted by Gasteiger charge is 2.51. The lowest BCUT2D eigenvalue weighted by atomic mass is 9.97. The second-order valence-electron chi connectivity index (χ2n) is 6.13. The van der Waals surface area contributed by atoms with Crippen molar-refractivity contribution in [3.05, 3.63) is 41.5 Å². The number of rotatable bonds is 4. The Labute approximate surface area is 131 Å². The predicted octanol–water partition coefficient (Wildman–Crippen LogP) is 2.60. The van der Waals surface area contributed by atoms with Gasteiger partial charge in [-0.3, -0.25) is 4.79 Å². The molecule has 0 saturated heterocycles. The van der Waals surface area contributed by atoms with E-state index < -0.39 is 0 Å². The van der Waals surface area contributed by atoms with Crippen LogP contribution in [0, 0.1) is 16.7 Å². The number of amides is 1. The molecule has 4 nitrogen and oxygen atoms in total. The Morgan fingerprint density at radius 2 is 2.09 bits per heavy atom. The molecule has 22 heavy (non-hydrogen) atoms. The molecule has 1 aliphatic carbocycles. The maximum atomic E-state index is 12.6. The van der Waals surface area contributed by atoms with Crippen molar-refractivity contribution in [3.63, 3.8) is 0 Å². The van der Waals surface area contributed by atoms with Crippen LogP contribution in [0.5, 0.6) is 0 Å². The summed E-state index contributed by atoms with van der Waals surface area (Å²) in [6, 6.07) is 9.77. The van der Waals surface area contributed by atoms with Gasteiger partial charge in [-0.05, 0) is 42.5 Å². The van der Waals surface area contributed by atoms with Crippen molar-refractivity contribution in [2.75, 3.05) is 26.8 Å². The first kappa shape index (κ1) is 14.8. The number of methoxy groups -OCH3 is 1. The number of nitrogens with zero attached hydrogens (tertiary/aromatic N) is 2. The standard InChI is InChI=1S/C18H20N2O2/c1-22-13-18(8-9-18)17(21)20-10-6-16(7-11-20)15-4-2-14(12-19)3-5-15/h2-6H,7-11,13H2,1H3. The van der Waals surface area contributed by atoms with Gasteiger partial charge in [0, 0.05) is 20.2 Å². The number of carbonyl (C=O) groups is 1. The molecule has 1 amide bonds. The third-order valence-electron chi connectivity index (χ3n) is 4.61. The number of carbonyl (C=O) groups excluding carboxylic acids is 1. The van der Waals surface area contributed by atoms with Crippen LogP contribution in [0.3, 0.4) is 0 Å². The highest BCUT2D eigenvalue weighted by atomic mass is 16.5. The van der Waals surface area contributed by atoms with E-state index in [0.29, 0.717) is 18.7 Å². The van der Waals surface area contributed by atoms with E-state index >= 15 is 0 Å². The van der Waals surface area contributed by atoms with Gasteiger partial charge < -0.3 is 9.64 Å². The zero-order valence-corrected chi connectivity index (χ0v) is 12.8. The van der Waals surface area contributed by atoms with Crippen molar-refractivity contribution in [2.24, 2.45) is 5.41 Å². The minimum Gasteiger partial charge on any atom is -0.384 e. The average molecular weight is 296 g/mol. The van der Waals surface area contributed by atoms with E-state index in [1.54, 1.807) is 7.11 Å². The molecular formula is C18H20N2O2. The predicted molar refractivity (Wildman–Crippen MR) is 83.9 cm³/mol. The van der Waals surface area contributed by atoms with Gasteiger partial charge in [-0.1, -0.05) is 18.2 Å². The summed E-state index contributed by atoms with van der Waals surface area (Å²) in [5.41, 5.74) is 2.83. The third-order valence-corrected chi connectivity index (χ3v) is 4.61. The van der Waals surface area contributed by atoms with Gasteiger partial charge >= 0.3 is 0 Å². The number of hydrogen-bond acceptors (Lipinski definition) is 3. The fraction of sp³-hybridized carbons (Fsp3) is 0.444. The van der Waals surface area contributed by atoms with Crippen LogP contribution >= 0.6 is 0 Å². The zero-order chi connectivity index (χ0) is 15.6. The molecule has 0 radical (unpaired) electrons. The second-order valence-corrected chi connectivity index (χ2v) is 6.13. The molecule has 1 aromatic rings. The van der Waals surface area contributed by atoms with Crippen LogP contribution in [0.25, 0.3) is 5.57 Å². The van der Waals surface area contributed by atoms with Crippen LogP contribution in [0.4, 0.5) is 0 Å². The molecule has 1 aromatic carbocycles. The molecule has 0 bridgehead atoms. The highest BCUT2D eigenvalue weighted by Crippen LogP contribution is 2.47. The van der Waals surface area contributed by atoms with E-state index in [4.69, 9.17) is 10.00 Å². The van der Waals surface area contributed by atoms with Gasteiger partial charge in [-0.15, -0.1) is 0 Å². The maximum absolute atomic E-state index is 12.6. The number of benzene rings is 1. The molecule has 0 atom stereocenters. The van der Waals surface area contributed by atoms with Gasteiger partial charge in [0.25, 0.3) is 0 Å². The van der Waals surface area contributed by atoms with E-state index in [2.05, 4.69) is 12.1 Å². The Morgan fingerprint density at radius 1 is 1.36 bits per heavy atom. The lowest BCUT2D eigenvalue weighted by Gasteiger charge is -2.30. The molecule has 3 rings (SSSR count). The first-order chi connectivity index (χ1) is 10.7. The summed E-state index contributed by atoms with van der Waals surface area (Å²) in [6.45, 7) is 1.96. The molecule has 1 aliphatic heterocycles. The first-order valence-corrected chi connectivity index (χ1v) is 7.66. The molecule has 2 aliphatic rings. The number of ether oxygens (including phenoxy) is 1. The molecule has 1 heterocycles. The van der Waals surface area contributed by atoms with E-state index in [0.717, 1.165) is 31.4 Å². The fourth-order valence-corrected chi connectivity index (χ4v) is 3.06. The van der Waals surface area contributed by atoms with Crippen LogP contribution in [0.1, 0.15) is 30.4 Å². The monoisotopic (exact) mass is 296 g/mol. The zero-order valence-electron chi connectivity index (χ0n) is 12.8. The summed E-state index contributed by atoms with van der Waals surface area (Å²) in [7, 11) is 1.66. The maximum Gasteiger partial charge on any atom is 0.231 e. The Bertz CT molecular complexity index is 636. The van der Waals surface area contributed by atoms with Crippen molar-refractivity contribution >= 4 is 11.5 Å². The smallest absolute Gasteiger partial charge is 0.231 e. The van der Waals surface area contributed by atoms with Gasteiger partial charge in [0.15, 0.2) is 0 Å². The molecule has 0 unspecified atom stereocenters. The summed E-state index contributed by atoms with van der Waals surface area (Å²) in [6.07, 6.45) is 4.89. The summed E-state index contributed by atoms with van der Waals surface area (Å²) < 4.78 is 5.20. The normalized spacial score (nSPS) is 19.3. The van der Waals surface area contributed by atoms with E-state index in [9.17, 15) is 4.79 Å². The van der Waals surface area contributed by atoms with Crippen molar-refractivity contribution in [2.45, 2.75) is 19.3 Å². The minimum absolute atomic E-state index is 0.240. The molecule has 1 fully saturated rings. The number of nitriles is 1. The largest absolute Gasteiger partial charge is 0.384 e. The topological polar surface area (TPSA) is 53.3 Å². The van der Waals surface area contributed by atoms with E-state index in [1.165, 1.54) is 5.57 Å². The van der Waals surface area contributed by atoms with Crippen LogP contribution in [-0.4, -0.2) is 37.6 Å². The van der Waals surface area contributed by atoms with Crippen molar-refractivity contribution in [1.29, 1.82) is 5.26 Å². The Morgan fingerprint density at radius 3 is 2.59 bits per heavy atom. The molecule has 114 valence electrons. The second kappa shape index (κ2) is 5.94. The van der Waals surface area contributed by atoms with Gasteiger partial charge in [-0.2, -0.15) is 5.26 Å². The quantitative estimate of drug-likeness (QED) is 0.858. The molecular weight excluding hydrogens is 276 g/mol. The summed E-state index contributed by atoms with van der Waals surface area (Å²) in [5.74, 6) is 0.240. The van der Waals surface area contributed by atoms with Gasteiger partial charge in [0.1, 0.15) is 0 Å². The Kier molecular flexibility index (Phi) is 4.00. The number of hydrogen-bond donors (Lipinski definition) is 0. The van der Waals surface area contributed by atoms with Gasteiger partial charge in [-0.25, -0.2) is 0 Å². The SMILES string of the molecule is COCC1(C(=O)N2CC=C(c3ccc(C#N)cc3)CC2)CC1. The average Bonchev–Trinajstić information content (AvgIpc) is 3.36. The van der Waals surface area contributed by atoms with Crippen molar-refractivity contribution in [3.8, 4) is 6.07 Å². The lowest BCUT2D eigenvalue weighted by Crippen LogP contribution is -2.41. The molecule has 0 aromatic heterocycles. The summed E-state index contributed by atoms with van der Waals surface area (Å²) in [4.78, 5) is 14.5. The van der Waals surface area contributed by atoms with Gasteiger partial charge in [0.2, 0.25) is 5.91 Å². The molecule has 1 saturated carbocycles. The van der Waals surface area contributed by atoms with E-state index in [1.807, 2.05) is 29.2 Å². The van der Waals surface area contributed by atoms with E-state index in [-0.39, 0.29) is 11.3 Å². The van der Waals surface area contributed by atoms with Gasteiger partial charge in [0.05, 0.1) is 23.7 Å². The lowest BCUT2D eigenvalue weighted by molar-refractivity contribution is -0.138. The van der Waals surface area contributed by atoms with Crippen LogP contribution in [-0.2, 0) is 9.53 Å². The summed E-state index contributed by atoms with van der Waals surface area (Å²) in [5, 5.41) is 8.84. The van der Waals surface area contributed by atoms with Crippen molar-refractivity contribution in [1.82, 2.24) is 4.90 Å². The highest BCUT2D eigenvalue weighted by molar-refractivity contribution is 5.86. The Balaban J connectivity index is 1.67. The fourth-order valence-electron chi connectivity index (χ4n) is 3.06. The van der Waals surface area contributed by atoms with Crippen LogP contribution in [0.15, 0.2) is 30.3 Å². The molecule has 0 spiro atoms. The van der Waals surface area contributed by atoms with Crippen LogP contribution in [0.2, 0.25) is 0 Å². The molecule has 0 N–H and O–H groups in total.